The lowest BCUT2D eigenvalue weighted by Gasteiger charge is -2.26. The minimum atomic E-state index is -0.0712. The van der Waals surface area contributed by atoms with Crippen LogP contribution in [-0.4, -0.2) is 60.3 Å². The van der Waals surface area contributed by atoms with E-state index in [4.69, 9.17) is 0 Å². The van der Waals surface area contributed by atoms with Crippen LogP contribution < -0.4 is 0 Å². The van der Waals surface area contributed by atoms with Gasteiger partial charge in [0.05, 0.1) is 6.10 Å². The highest BCUT2D eigenvalue weighted by atomic mass is 16.3. The minimum absolute atomic E-state index is 0.0712. The summed E-state index contributed by atoms with van der Waals surface area (Å²) in [5, 5.41) is 9.46. The summed E-state index contributed by atoms with van der Waals surface area (Å²) in [6, 6.07) is 0.683. The van der Waals surface area contributed by atoms with E-state index >= 15 is 0 Å². The maximum absolute atomic E-state index is 9.46. The van der Waals surface area contributed by atoms with Gasteiger partial charge in [-0.1, -0.05) is 6.92 Å². The van der Waals surface area contributed by atoms with Crippen LogP contribution in [0.2, 0.25) is 0 Å². The molecule has 13 heavy (non-hydrogen) atoms. The third kappa shape index (κ3) is 1.87. The number of likely N-dealkylation sites (tertiary alicyclic amines) is 2. The molecule has 0 aromatic heterocycles. The number of aliphatic hydroxyl groups is 1. The molecule has 0 amide bonds. The Balaban J connectivity index is 1.93. The Morgan fingerprint density at radius 2 is 2.00 bits per heavy atom. The van der Waals surface area contributed by atoms with Gasteiger partial charge in [-0.05, 0) is 19.4 Å². The largest absolute Gasteiger partial charge is 0.392 e. The van der Waals surface area contributed by atoms with Gasteiger partial charge in [0, 0.05) is 32.2 Å². The zero-order valence-corrected chi connectivity index (χ0v) is 8.61. The van der Waals surface area contributed by atoms with Crippen LogP contribution in [0.3, 0.4) is 0 Å². The van der Waals surface area contributed by atoms with Gasteiger partial charge >= 0.3 is 0 Å². The Morgan fingerprint density at radius 1 is 1.23 bits per heavy atom. The van der Waals surface area contributed by atoms with E-state index in [0.29, 0.717) is 6.04 Å². The Hall–Kier alpha value is -0.120. The van der Waals surface area contributed by atoms with Crippen LogP contribution >= 0.6 is 0 Å². The average Bonchev–Trinajstić information content (AvgIpc) is 2.58. The van der Waals surface area contributed by atoms with E-state index in [9.17, 15) is 5.11 Å². The van der Waals surface area contributed by atoms with Crippen LogP contribution in [-0.2, 0) is 0 Å². The topological polar surface area (TPSA) is 26.7 Å². The first kappa shape index (κ1) is 9.44. The lowest BCUT2D eigenvalue weighted by atomic mass is 10.1. The molecule has 2 fully saturated rings. The molecule has 0 saturated carbocycles. The molecule has 2 aliphatic rings. The van der Waals surface area contributed by atoms with Crippen LogP contribution in [0.5, 0.6) is 0 Å². The summed E-state index contributed by atoms with van der Waals surface area (Å²) in [7, 11) is 2.18. The second kappa shape index (κ2) is 3.56. The SMILES string of the molecule is CC1CN(C)CC1N1CC[C@H](O)C1. The number of β-amino-alcohol motifs (C(OH)–C–C–N with tert-alkyl or cyclic N) is 1. The predicted molar refractivity (Wildman–Crippen MR) is 52.6 cm³/mol. The van der Waals surface area contributed by atoms with Crippen molar-refractivity contribution in [2.45, 2.75) is 25.5 Å². The molecule has 3 heteroatoms. The summed E-state index contributed by atoms with van der Waals surface area (Å²) in [5.74, 6) is 0.760. The van der Waals surface area contributed by atoms with Gasteiger partial charge in [0.25, 0.3) is 0 Å². The Bertz CT molecular complexity index is 186. The van der Waals surface area contributed by atoms with Gasteiger partial charge in [0.1, 0.15) is 0 Å². The molecule has 0 spiro atoms. The van der Waals surface area contributed by atoms with Crippen LogP contribution in [0.1, 0.15) is 13.3 Å². The zero-order chi connectivity index (χ0) is 9.42. The second-order valence-corrected chi connectivity index (χ2v) is 4.70. The van der Waals surface area contributed by atoms with E-state index in [1.807, 2.05) is 0 Å². The molecule has 0 aromatic rings. The van der Waals surface area contributed by atoms with Gasteiger partial charge in [0.2, 0.25) is 0 Å². The summed E-state index contributed by atoms with van der Waals surface area (Å²) in [5.41, 5.74) is 0. The van der Waals surface area contributed by atoms with E-state index in [2.05, 4.69) is 23.8 Å². The van der Waals surface area contributed by atoms with Crippen molar-refractivity contribution in [3.63, 3.8) is 0 Å². The maximum atomic E-state index is 9.46. The Kier molecular flexibility index (Phi) is 2.58. The average molecular weight is 184 g/mol. The van der Waals surface area contributed by atoms with Crippen LogP contribution in [0.25, 0.3) is 0 Å². The van der Waals surface area contributed by atoms with Gasteiger partial charge in [-0.25, -0.2) is 0 Å². The van der Waals surface area contributed by atoms with Gasteiger partial charge in [0.15, 0.2) is 0 Å². The number of rotatable bonds is 1. The zero-order valence-electron chi connectivity index (χ0n) is 8.61. The fourth-order valence-electron chi connectivity index (χ4n) is 2.73. The second-order valence-electron chi connectivity index (χ2n) is 4.70. The normalized spacial score (nSPS) is 43.2. The first-order valence-corrected chi connectivity index (χ1v) is 5.27. The van der Waals surface area contributed by atoms with Gasteiger partial charge in [-0.15, -0.1) is 0 Å². The molecule has 3 atom stereocenters. The van der Waals surface area contributed by atoms with Crippen molar-refractivity contribution in [1.82, 2.24) is 9.80 Å². The van der Waals surface area contributed by atoms with Crippen LogP contribution in [0.4, 0.5) is 0 Å². The molecule has 0 aliphatic carbocycles. The van der Waals surface area contributed by atoms with Crippen molar-refractivity contribution in [1.29, 1.82) is 0 Å². The van der Waals surface area contributed by atoms with Gasteiger partial charge in [-0.2, -0.15) is 0 Å². The quantitative estimate of drug-likeness (QED) is 0.621. The third-order valence-corrected chi connectivity index (χ3v) is 3.42. The standard InChI is InChI=1S/C10H20N2O/c1-8-5-11(2)7-10(8)12-4-3-9(13)6-12/h8-10,13H,3-7H2,1-2H3/t8?,9-,10?/m0/s1. The van der Waals surface area contributed by atoms with Crippen molar-refractivity contribution in [3.8, 4) is 0 Å². The number of hydrogen-bond acceptors (Lipinski definition) is 3. The number of likely N-dealkylation sites (N-methyl/N-ethyl adjacent to an activating group) is 1. The summed E-state index contributed by atoms with van der Waals surface area (Å²) in [6.07, 6.45) is 0.894. The van der Waals surface area contributed by atoms with Crippen LogP contribution in [0.15, 0.2) is 0 Å². The number of hydrogen-bond donors (Lipinski definition) is 1. The van der Waals surface area contributed by atoms with E-state index < -0.39 is 0 Å². The molecule has 2 unspecified atom stereocenters. The maximum Gasteiger partial charge on any atom is 0.0679 e. The van der Waals surface area contributed by atoms with Gasteiger partial charge in [-0.3, -0.25) is 4.90 Å². The molecule has 0 aromatic carbocycles. The van der Waals surface area contributed by atoms with Crippen LogP contribution in [0, 0.1) is 5.92 Å². The molecule has 2 heterocycles. The number of aliphatic hydroxyl groups excluding tert-OH is 1. The highest BCUT2D eigenvalue weighted by Crippen LogP contribution is 2.23. The Morgan fingerprint density at radius 3 is 2.46 bits per heavy atom. The van der Waals surface area contributed by atoms with Crippen molar-refractivity contribution >= 4 is 0 Å². The van der Waals surface area contributed by atoms with Crippen molar-refractivity contribution in [2.75, 3.05) is 33.2 Å². The molecular formula is C10H20N2O. The molecule has 76 valence electrons. The lowest BCUT2D eigenvalue weighted by Crippen LogP contribution is -2.38. The van der Waals surface area contributed by atoms with E-state index in [1.165, 1.54) is 13.1 Å². The highest BCUT2D eigenvalue weighted by molar-refractivity contribution is 4.90. The lowest BCUT2D eigenvalue weighted by molar-refractivity contribution is 0.150. The number of nitrogens with zero attached hydrogens (tertiary/aromatic N) is 2. The molecular weight excluding hydrogens is 164 g/mol. The van der Waals surface area contributed by atoms with Crippen molar-refractivity contribution in [2.24, 2.45) is 5.92 Å². The molecule has 0 radical (unpaired) electrons. The van der Waals surface area contributed by atoms with Crippen molar-refractivity contribution in [3.05, 3.63) is 0 Å². The smallest absolute Gasteiger partial charge is 0.0679 e. The monoisotopic (exact) mass is 184 g/mol. The summed E-state index contributed by atoms with van der Waals surface area (Å²) in [4.78, 5) is 4.85. The summed E-state index contributed by atoms with van der Waals surface area (Å²) >= 11 is 0. The predicted octanol–water partition coefficient (Wildman–Crippen LogP) is 0.00310. The fourth-order valence-corrected chi connectivity index (χ4v) is 2.73. The molecule has 1 N–H and O–H groups in total. The van der Waals surface area contributed by atoms with Crippen molar-refractivity contribution < 1.29 is 5.11 Å². The molecule has 2 aliphatic heterocycles. The first-order chi connectivity index (χ1) is 6.16. The molecule has 3 nitrogen and oxygen atoms in total. The molecule has 0 bridgehead atoms. The Labute approximate surface area is 80.3 Å². The highest BCUT2D eigenvalue weighted by Gasteiger charge is 2.35. The molecule has 2 rings (SSSR count). The first-order valence-electron chi connectivity index (χ1n) is 5.27. The van der Waals surface area contributed by atoms with E-state index in [1.54, 1.807) is 0 Å². The van der Waals surface area contributed by atoms with E-state index in [-0.39, 0.29) is 6.10 Å². The van der Waals surface area contributed by atoms with Gasteiger partial charge < -0.3 is 10.0 Å². The molecule has 2 saturated heterocycles. The van der Waals surface area contributed by atoms with E-state index in [0.717, 1.165) is 25.4 Å². The minimum Gasteiger partial charge on any atom is -0.392 e. The summed E-state index contributed by atoms with van der Waals surface area (Å²) < 4.78 is 0. The third-order valence-electron chi connectivity index (χ3n) is 3.42. The fraction of sp³-hybridized carbons (Fsp3) is 1.00. The summed E-state index contributed by atoms with van der Waals surface area (Å²) in [6.45, 7) is 6.68.